The first-order valence-corrected chi connectivity index (χ1v) is 5.69. The van der Waals surface area contributed by atoms with Crippen LogP contribution >= 0.6 is 7.82 Å². The Balaban J connectivity index is 3.88. The molecule has 7 nitrogen and oxygen atoms in total. The lowest BCUT2D eigenvalue weighted by Gasteiger charge is -2.15. The molecule has 0 aliphatic rings. The minimum absolute atomic E-state index is 0.323. The van der Waals surface area contributed by atoms with Crippen LogP contribution in [0.15, 0.2) is 12.2 Å². The van der Waals surface area contributed by atoms with Crippen molar-refractivity contribution < 1.29 is 28.7 Å². The number of aliphatic hydroxyl groups excluding tert-OH is 1. The van der Waals surface area contributed by atoms with E-state index in [1.165, 1.54) is 13.2 Å². The molecule has 0 bridgehead atoms. The monoisotopic (exact) mass is 241 g/mol. The molecular weight excluding hydrogens is 225 g/mol. The molecule has 0 radical (unpaired) electrons. The highest BCUT2D eigenvalue weighted by atomic mass is 31.2. The second kappa shape index (κ2) is 7.08. The van der Waals surface area contributed by atoms with Crippen molar-refractivity contribution in [2.75, 3.05) is 20.3 Å². The van der Waals surface area contributed by atoms with Crippen LogP contribution in [0.5, 0.6) is 0 Å². The Labute approximate surface area is 87.7 Å². The fraction of sp³-hybridized carbons (Fsp3) is 0.714. The van der Waals surface area contributed by atoms with Crippen molar-refractivity contribution in [3.05, 3.63) is 12.2 Å². The van der Waals surface area contributed by atoms with Gasteiger partial charge in [-0.1, -0.05) is 12.2 Å². The zero-order chi connectivity index (χ0) is 11.9. The van der Waals surface area contributed by atoms with Crippen LogP contribution < -0.4 is 5.73 Å². The van der Waals surface area contributed by atoms with E-state index in [9.17, 15) is 9.67 Å². The largest absolute Gasteiger partial charge is 0.469 e. The normalized spacial score (nSPS) is 16.9. The molecule has 90 valence electrons. The van der Waals surface area contributed by atoms with E-state index in [0.29, 0.717) is 6.61 Å². The third-order valence-corrected chi connectivity index (χ3v) is 1.96. The number of nitrogens with two attached hydrogens (primary N) is 1. The summed E-state index contributed by atoms with van der Waals surface area (Å²) in [5.74, 6) is 0. The lowest BCUT2D eigenvalue weighted by Crippen LogP contribution is -2.37. The lowest BCUT2D eigenvalue weighted by atomic mass is 10.2. The van der Waals surface area contributed by atoms with Crippen LogP contribution in [0.4, 0.5) is 0 Å². The van der Waals surface area contributed by atoms with Gasteiger partial charge >= 0.3 is 7.82 Å². The molecule has 15 heavy (non-hydrogen) atoms. The molecule has 0 rings (SSSR count). The standard InChI is InChI=1S/C7H16NO6P/c1-13-4-2-3-7(9)6(8)5-14-15(10,11)12/h2-3,6-7,9H,4-5,8H2,1H3,(H2,10,11,12)/b3-2+/t6-,7+/m0/s1. The van der Waals surface area contributed by atoms with Crippen molar-refractivity contribution in [1.82, 2.24) is 0 Å². The van der Waals surface area contributed by atoms with Gasteiger partial charge in [-0.15, -0.1) is 0 Å². The topological polar surface area (TPSA) is 122 Å². The second-order valence-corrected chi connectivity index (χ2v) is 4.06. The maximum Gasteiger partial charge on any atom is 0.469 e. The van der Waals surface area contributed by atoms with E-state index in [0.717, 1.165) is 0 Å². The molecule has 5 N–H and O–H groups in total. The second-order valence-electron chi connectivity index (χ2n) is 2.82. The van der Waals surface area contributed by atoms with E-state index >= 15 is 0 Å². The molecule has 0 saturated heterocycles. The summed E-state index contributed by atoms with van der Waals surface area (Å²) in [7, 11) is -3.04. The minimum Gasteiger partial charge on any atom is -0.387 e. The van der Waals surface area contributed by atoms with Gasteiger partial charge in [0.05, 0.1) is 25.4 Å². The summed E-state index contributed by atoms with van der Waals surface area (Å²) >= 11 is 0. The first-order chi connectivity index (χ1) is 6.87. The van der Waals surface area contributed by atoms with Gasteiger partial charge in [0.25, 0.3) is 0 Å². The number of ether oxygens (including phenoxy) is 1. The molecule has 0 aromatic rings. The molecule has 0 fully saturated rings. The summed E-state index contributed by atoms with van der Waals surface area (Å²) in [6, 6.07) is -0.897. The molecule has 2 atom stereocenters. The van der Waals surface area contributed by atoms with Crippen LogP contribution in [0, 0.1) is 0 Å². The highest BCUT2D eigenvalue weighted by molar-refractivity contribution is 7.46. The lowest BCUT2D eigenvalue weighted by molar-refractivity contribution is 0.128. The summed E-state index contributed by atoms with van der Waals surface area (Å²) in [4.78, 5) is 16.8. The van der Waals surface area contributed by atoms with Gasteiger partial charge in [0.1, 0.15) is 0 Å². The average Bonchev–Trinajstić information content (AvgIpc) is 2.13. The Hall–Kier alpha value is -0.270. The predicted octanol–water partition coefficient (Wildman–Crippen LogP) is -1.01. The van der Waals surface area contributed by atoms with Gasteiger partial charge in [-0.05, 0) is 0 Å². The number of hydrogen-bond donors (Lipinski definition) is 4. The van der Waals surface area contributed by atoms with Crippen molar-refractivity contribution in [2.45, 2.75) is 12.1 Å². The van der Waals surface area contributed by atoms with E-state index in [1.54, 1.807) is 6.08 Å². The van der Waals surface area contributed by atoms with Crippen LogP contribution in [0.3, 0.4) is 0 Å². The van der Waals surface area contributed by atoms with E-state index in [2.05, 4.69) is 4.52 Å². The van der Waals surface area contributed by atoms with E-state index in [4.69, 9.17) is 20.3 Å². The Bertz CT molecular complexity index is 240. The molecular formula is C7H16NO6P. The van der Waals surface area contributed by atoms with Crippen LogP contribution in [0.2, 0.25) is 0 Å². The fourth-order valence-electron chi connectivity index (χ4n) is 0.716. The molecule has 0 saturated carbocycles. The number of methoxy groups -OCH3 is 1. The van der Waals surface area contributed by atoms with Crippen LogP contribution in [-0.2, 0) is 13.8 Å². The molecule has 0 heterocycles. The molecule has 0 spiro atoms. The van der Waals surface area contributed by atoms with Gasteiger partial charge in [0.15, 0.2) is 0 Å². The highest BCUT2D eigenvalue weighted by Crippen LogP contribution is 2.35. The molecule has 0 amide bonds. The van der Waals surface area contributed by atoms with Crippen LogP contribution in [0.25, 0.3) is 0 Å². The molecule has 0 aliphatic heterocycles. The number of aliphatic hydroxyl groups is 1. The number of rotatable bonds is 7. The van der Waals surface area contributed by atoms with Crippen molar-refractivity contribution in [3.63, 3.8) is 0 Å². The van der Waals surface area contributed by atoms with Crippen molar-refractivity contribution in [3.8, 4) is 0 Å². The van der Waals surface area contributed by atoms with Crippen molar-refractivity contribution in [2.24, 2.45) is 5.73 Å². The molecule has 0 unspecified atom stereocenters. The molecule has 0 aromatic carbocycles. The van der Waals surface area contributed by atoms with E-state index in [-0.39, 0.29) is 0 Å². The summed E-state index contributed by atoms with van der Waals surface area (Å²) in [6.45, 7) is -0.105. The number of hydrogen-bond acceptors (Lipinski definition) is 5. The van der Waals surface area contributed by atoms with Gasteiger partial charge in [-0.2, -0.15) is 0 Å². The summed E-state index contributed by atoms with van der Waals surface area (Å²) in [6.07, 6.45) is 1.88. The molecule has 0 aliphatic carbocycles. The fourth-order valence-corrected chi connectivity index (χ4v) is 1.08. The summed E-state index contributed by atoms with van der Waals surface area (Å²) < 4.78 is 19.1. The van der Waals surface area contributed by atoms with Gasteiger partial charge in [0, 0.05) is 7.11 Å². The predicted molar refractivity (Wildman–Crippen MR) is 53.0 cm³/mol. The van der Waals surface area contributed by atoms with Crippen molar-refractivity contribution in [1.29, 1.82) is 0 Å². The van der Waals surface area contributed by atoms with E-state index < -0.39 is 26.6 Å². The van der Waals surface area contributed by atoms with Crippen LogP contribution in [0.1, 0.15) is 0 Å². The number of phosphoric acid groups is 1. The molecule has 8 heteroatoms. The zero-order valence-corrected chi connectivity index (χ0v) is 9.21. The third kappa shape index (κ3) is 8.71. The van der Waals surface area contributed by atoms with E-state index in [1.807, 2.05) is 0 Å². The van der Waals surface area contributed by atoms with Gasteiger partial charge in [-0.3, -0.25) is 4.52 Å². The van der Waals surface area contributed by atoms with Gasteiger partial charge in [-0.25, -0.2) is 4.57 Å². The minimum atomic E-state index is -4.53. The summed E-state index contributed by atoms with van der Waals surface area (Å²) in [5.41, 5.74) is 5.40. The quantitative estimate of drug-likeness (QED) is 0.332. The van der Waals surface area contributed by atoms with Gasteiger partial charge in [0.2, 0.25) is 0 Å². The first kappa shape index (κ1) is 14.7. The maximum absolute atomic E-state index is 10.3. The molecule has 0 aromatic heterocycles. The third-order valence-electron chi connectivity index (χ3n) is 1.47. The smallest absolute Gasteiger partial charge is 0.387 e. The zero-order valence-electron chi connectivity index (χ0n) is 8.31. The summed E-state index contributed by atoms with van der Waals surface area (Å²) in [5, 5.41) is 9.34. The van der Waals surface area contributed by atoms with Crippen molar-refractivity contribution >= 4 is 7.82 Å². The highest BCUT2D eigenvalue weighted by Gasteiger charge is 2.19. The van der Waals surface area contributed by atoms with Crippen LogP contribution in [-0.4, -0.2) is 47.4 Å². The Morgan fingerprint density at radius 2 is 2.13 bits per heavy atom. The first-order valence-electron chi connectivity index (χ1n) is 4.16. The number of phosphoric ester groups is 1. The Morgan fingerprint density at radius 3 is 2.60 bits per heavy atom. The Morgan fingerprint density at radius 1 is 1.53 bits per heavy atom. The average molecular weight is 241 g/mol. The Kier molecular flexibility index (Phi) is 6.95. The van der Waals surface area contributed by atoms with Gasteiger partial charge < -0.3 is 25.4 Å². The SMILES string of the molecule is COC/C=C/[C@@H](O)[C@@H](N)COP(=O)(O)O. The maximum atomic E-state index is 10.3.